The Kier molecular flexibility index (Phi) is 2.87. The first-order valence-electron chi connectivity index (χ1n) is 3.83. The summed E-state index contributed by atoms with van der Waals surface area (Å²) in [4.78, 5) is 2.26. The van der Waals surface area contributed by atoms with Crippen LogP contribution in [0.15, 0.2) is 11.6 Å². The molecule has 1 aliphatic heterocycles. The van der Waals surface area contributed by atoms with Crippen LogP contribution in [0.3, 0.4) is 0 Å². The van der Waals surface area contributed by atoms with Gasteiger partial charge in [0.05, 0.1) is 0 Å². The molecule has 0 bridgehead atoms. The maximum absolute atomic E-state index is 12.1. The molecule has 1 nitrogen and oxygen atoms in total. The van der Waals surface area contributed by atoms with Crippen molar-refractivity contribution >= 4 is 0 Å². The second kappa shape index (κ2) is 3.71. The Balaban J connectivity index is 2.40. The van der Waals surface area contributed by atoms with Crippen molar-refractivity contribution in [1.82, 2.24) is 4.90 Å². The Bertz CT molecular complexity index is 131. The van der Waals surface area contributed by atoms with E-state index >= 15 is 0 Å². The molecule has 0 N–H and O–H groups in total. The quantitative estimate of drug-likeness (QED) is 0.531. The molecule has 2 heteroatoms. The lowest BCUT2D eigenvalue weighted by Crippen LogP contribution is -2.30. The standard InChI is InChI=1S/C8H14FN/c1-2-10-5-3-4-8(6-9)7-10/h4H,2-3,5-7H2,1H3. The summed E-state index contributed by atoms with van der Waals surface area (Å²) in [5.74, 6) is 0. The summed E-state index contributed by atoms with van der Waals surface area (Å²) in [5, 5.41) is 0. The van der Waals surface area contributed by atoms with Crippen molar-refractivity contribution < 1.29 is 4.39 Å². The normalized spacial score (nSPS) is 20.8. The third kappa shape index (κ3) is 1.81. The van der Waals surface area contributed by atoms with E-state index in [2.05, 4.69) is 11.8 Å². The predicted molar refractivity (Wildman–Crippen MR) is 40.8 cm³/mol. The third-order valence-corrected chi connectivity index (χ3v) is 1.92. The van der Waals surface area contributed by atoms with Crippen LogP contribution in [0.5, 0.6) is 0 Å². The van der Waals surface area contributed by atoms with Crippen molar-refractivity contribution in [3.63, 3.8) is 0 Å². The minimum absolute atomic E-state index is 0.267. The van der Waals surface area contributed by atoms with Crippen LogP contribution in [0, 0.1) is 0 Å². The second-order valence-corrected chi connectivity index (χ2v) is 2.65. The Hall–Kier alpha value is -0.370. The van der Waals surface area contributed by atoms with Crippen LogP contribution < -0.4 is 0 Å². The molecule has 0 unspecified atom stereocenters. The smallest absolute Gasteiger partial charge is 0.112 e. The molecule has 1 heterocycles. The van der Waals surface area contributed by atoms with Gasteiger partial charge in [-0.1, -0.05) is 13.0 Å². The largest absolute Gasteiger partial charge is 0.299 e. The lowest BCUT2D eigenvalue weighted by molar-refractivity contribution is 0.296. The van der Waals surface area contributed by atoms with E-state index in [0.717, 1.165) is 31.6 Å². The molecule has 1 aliphatic rings. The van der Waals surface area contributed by atoms with E-state index in [1.54, 1.807) is 0 Å². The molecule has 0 saturated carbocycles. The molecule has 0 saturated heterocycles. The first-order chi connectivity index (χ1) is 4.86. The van der Waals surface area contributed by atoms with E-state index in [1.807, 2.05) is 6.08 Å². The highest BCUT2D eigenvalue weighted by molar-refractivity contribution is 5.07. The van der Waals surface area contributed by atoms with Gasteiger partial charge in [-0.05, 0) is 18.5 Å². The average molecular weight is 143 g/mol. The molecule has 1 rings (SSSR count). The summed E-state index contributed by atoms with van der Waals surface area (Å²) in [6.45, 7) is 4.82. The number of alkyl halides is 1. The van der Waals surface area contributed by atoms with E-state index in [0.29, 0.717) is 0 Å². The van der Waals surface area contributed by atoms with Crippen LogP contribution in [0.25, 0.3) is 0 Å². The van der Waals surface area contributed by atoms with Gasteiger partial charge in [-0.25, -0.2) is 4.39 Å². The van der Waals surface area contributed by atoms with Crippen molar-refractivity contribution in [2.24, 2.45) is 0 Å². The molecule has 58 valence electrons. The molecule has 0 fully saturated rings. The van der Waals surface area contributed by atoms with Gasteiger partial charge in [-0.3, -0.25) is 4.90 Å². The summed E-state index contributed by atoms with van der Waals surface area (Å²) in [6, 6.07) is 0. The number of hydrogen-bond donors (Lipinski definition) is 0. The number of halogens is 1. The lowest BCUT2D eigenvalue weighted by Gasteiger charge is -2.24. The zero-order valence-corrected chi connectivity index (χ0v) is 6.44. The van der Waals surface area contributed by atoms with Crippen molar-refractivity contribution in [2.45, 2.75) is 13.3 Å². The fourth-order valence-electron chi connectivity index (χ4n) is 1.25. The lowest BCUT2D eigenvalue weighted by atomic mass is 10.1. The van der Waals surface area contributed by atoms with Crippen LogP contribution in [-0.4, -0.2) is 31.2 Å². The first kappa shape index (κ1) is 7.73. The topological polar surface area (TPSA) is 3.24 Å². The summed E-state index contributed by atoms with van der Waals surface area (Å²) in [5.41, 5.74) is 0.952. The van der Waals surface area contributed by atoms with Crippen molar-refractivity contribution in [1.29, 1.82) is 0 Å². The first-order valence-corrected chi connectivity index (χ1v) is 3.83. The van der Waals surface area contributed by atoms with Crippen LogP contribution in [0.2, 0.25) is 0 Å². The minimum Gasteiger partial charge on any atom is -0.299 e. The fraction of sp³-hybridized carbons (Fsp3) is 0.750. The Morgan fingerprint density at radius 2 is 2.50 bits per heavy atom. The summed E-state index contributed by atoms with van der Waals surface area (Å²) >= 11 is 0. The fourth-order valence-corrected chi connectivity index (χ4v) is 1.25. The van der Waals surface area contributed by atoms with Gasteiger partial charge in [0.1, 0.15) is 6.67 Å². The Labute approximate surface area is 61.5 Å². The van der Waals surface area contributed by atoms with E-state index in [1.165, 1.54) is 0 Å². The van der Waals surface area contributed by atoms with Crippen molar-refractivity contribution in [3.05, 3.63) is 11.6 Å². The highest BCUT2D eigenvalue weighted by Crippen LogP contribution is 2.08. The highest BCUT2D eigenvalue weighted by atomic mass is 19.1. The van der Waals surface area contributed by atoms with Gasteiger partial charge in [-0.15, -0.1) is 0 Å². The van der Waals surface area contributed by atoms with Crippen LogP contribution >= 0.6 is 0 Å². The molecule has 0 atom stereocenters. The van der Waals surface area contributed by atoms with Gasteiger partial charge >= 0.3 is 0 Å². The zero-order valence-electron chi connectivity index (χ0n) is 6.44. The summed E-state index contributed by atoms with van der Waals surface area (Å²) in [6.07, 6.45) is 3.04. The summed E-state index contributed by atoms with van der Waals surface area (Å²) < 4.78 is 12.1. The van der Waals surface area contributed by atoms with Gasteiger partial charge in [-0.2, -0.15) is 0 Å². The average Bonchev–Trinajstić information content (AvgIpc) is 2.05. The molecule has 0 aromatic carbocycles. The highest BCUT2D eigenvalue weighted by Gasteiger charge is 2.09. The number of nitrogens with zero attached hydrogens (tertiary/aromatic N) is 1. The molecule has 0 radical (unpaired) electrons. The Morgan fingerprint density at radius 1 is 1.70 bits per heavy atom. The van der Waals surface area contributed by atoms with Crippen molar-refractivity contribution in [3.8, 4) is 0 Å². The molecule has 0 spiro atoms. The second-order valence-electron chi connectivity index (χ2n) is 2.65. The maximum atomic E-state index is 12.1. The predicted octanol–water partition coefficient (Wildman–Crippen LogP) is 1.61. The van der Waals surface area contributed by atoms with E-state index < -0.39 is 0 Å². The van der Waals surface area contributed by atoms with Gasteiger partial charge in [0.15, 0.2) is 0 Å². The van der Waals surface area contributed by atoms with Crippen LogP contribution in [-0.2, 0) is 0 Å². The number of likely N-dealkylation sites (N-methyl/N-ethyl adjacent to an activating group) is 1. The third-order valence-electron chi connectivity index (χ3n) is 1.92. The molecule has 10 heavy (non-hydrogen) atoms. The SMILES string of the molecule is CCN1CCC=C(CF)C1. The molecular weight excluding hydrogens is 129 g/mol. The van der Waals surface area contributed by atoms with E-state index in [4.69, 9.17) is 0 Å². The molecule has 0 aromatic heterocycles. The summed E-state index contributed by atoms with van der Waals surface area (Å²) in [7, 11) is 0. The van der Waals surface area contributed by atoms with Gasteiger partial charge < -0.3 is 0 Å². The monoisotopic (exact) mass is 143 g/mol. The zero-order chi connectivity index (χ0) is 7.40. The molecule has 0 amide bonds. The van der Waals surface area contributed by atoms with E-state index in [9.17, 15) is 4.39 Å². The van der Waals surface area contributed by atoms with Gasteiger partial charge in [0, 0.05) is 13.1 Å². The Morgan fingerprint density at radius 3 is 3.10 bits per heavy atom. The van der Waals surface area contributed by atoms with Gasteiger partial charge in [0.2, 0.25) is 0 Å². The number of hydrogen-bond acceptors (Lipinski definition) is 1. The minimum atomic E-state index is -0.267. The van der Waals surface area contributed by atoms with Crippen LogP contribution in [0.4, 0.5) is 4.39 Å². The molecular formula is C8H14FN. The van der Waals surface area contributed by atoms with Crippen molar-refractivity contribution in [2.75, 3.05) is 26.3 Å². The number of rotatable bonds is 2. The van der Waals surface area contributed by atoms with E-state index in [-0.39, 0.29) is 6.67 Å². The molecule has 0 aromatic rings. The molecule has 0 aliphatic carbocycles. The maximum Gasteiger partial charge on any atom is 0.112 e. The van der Waals surface area contributed by atoms with Crippen LogP contribution in [0.1, 0.15) is 13.3 Å². The van der Waals surface area contributed by atoms with Gasteiger partial charge in [0.25, 0.3) is 0 Å².